The van der Waals surface area contributed by atoms with Gasteiger partial charge in [-0.1, -0.05) is 11.6 Å². The minimum Gasteiger partial charge on any atom is -0.494 e. The predicted molar refractivity (Wildman–Crippen MR) is 89.6 cm³/mol. The molecule has 1 unspecified atom stereocenters. The highest BCUT2D eigenvalue weighted by Crippen LogP contribution is 2.32. The van der Waals surface area contributed by atoms with E-state index < -0.39 is 16.9 Å². The number of hydrogen-bond acceptors (Lipinski definition) is 3. The highest BCUT2D eigenvalue weighted by Gasteiger charge is 2.15. The third-order valence-electron chi connectivity index (χ3n) is 3.46. The first kappa shape index (κ1) is 16.6. The number of methoxy groups -OCH3 is 1. The number of hydrogen-bond donors (Lipinski definition) is 1. The van der Waals surface area contributed by atoms with Gasteiger partial charge in [0.2, 0.25) is 0 Å². The van der Waals surface area contributed by atoms with Crippen LogP contribution in [0.25, 0.3) is 16.9 Å². The molecule has 0 amide bonds. The average Bonchev–Trinajstić information content (AvgIpc) is 2.97. The van der Waals surface area contributed by atoms with E-state index in [2.05, 4.69) is 4.98 Å². The van der Waals surface area contributed by atoms with Crippen LogP contribution < -0.4 is 4.74 Å². The molecule has 5 nitrogen and oxygen atoms in total. The van der Waals surface area contributed by atoms with E-state index in [1.165, 1.54) is 37.7 Å². The molecule has 3 aromatic rings. The number of aromatic nitrogens is 2. The molecule has 1 aromatic heterocycles. The Morgan fingerprint density at radius 2 is 1.96 bits per heavy atom. The van der Waals surface area contributed by atoms with E-state index in [0.717, 1.165) is 0 Å². The van der Waals surface area contributed by atoms with Gasteiger partial charge in [-0.25, -0.2) is 13.6 Å². The summed E-state index contributed by atoms with van der Waals surface area (Å²) < 4.78 is 40.5. The lowest BCUT2D eigenvalue weighted by molar-refractivity contribution is 0.387. The van der Waals surface area contributed by atoms with Crippen molar-refractivity contribution in [3.8, 4) is 22.7 Å². The van der Waals surface area contributed by atoms with Crippen LogP contribution in [0.3, 0.4) is 0 Å². The SMILES string of the molecule is COc1cc(-c2c(Cl)ncn2-c2ccc(S(=O)O)cc2)ccc1F. The van der Waals surface area contributed by atoms with Crippen LogP contribution in [-0.4, -0.2) is 25.4 Å². The van der Waals surface area contributed by atoms with Crippen LogP contribution in [-0.2, 0) is 11.1 Å². The Labute approximate surface area is 145 Å². The smallest absolute Gasteiger partial charge is 0.186 e. The van der Waals surface area contributed by atoms with Gasteiger partial charge in [0, 0.05) is 11.3 Å². The van der Waals surface area contributed by atoms with Gasteiger partial charge in [0.15, 0.2) is 27.8 Å². The van der Waals surface area contributed by atoms with E-state index in [0.29, 0.717) is 16.9 Å². The Hall–Kier alpha value is -2.22. The summed E-state index contributed by atoms with van der Waals surface area (Å²) in [4.78, 5) is 4.38. The van der Waals surface area contributed by atoms with E-state index in [1.54, 1.807) is 22.8 Å². The molecule has 0 aliphatic rings. The molecule has 0 aliphatic carbocycles. The largest absolute Gasteiger partial charge is 0.494 e. The van der Waals surface area contributed by atoms with Crippen LogP contribution in [0.5, 0.6) is 5.75 Å². The molecule has 3 rings (SSSR count). The zero-order valence-electron chi connectivity index (χ0n) is 12.4. The normalized spacial score (nSPS) is 12.2. The molecule has 1 atom stereocenters. The second-order valence-corrected chi connectivity index (χ2v) is 6.17. The number of halogens is 2. The fourth-order valence-electron chi connectivity index (χ4n) is 2.31. The first-order valence-corrected chi connectivity index (χ1v) is 8.28. The minimum atomic E-state index is -2.05. The Morgan fingerprint density at radius 3 is 2.58 bits per heavy atom. The number of ether oxygens (including phenoxy) is 1. The molecule has 0 radical (unpaired) electrons. The molecule has 8 heteroatoms. The number of rotatable bonds is 4. The fourth-order valence-corrected chi connectivity index (χ4v) is 2.92. The Morgan fingerprint density at radius 1 is 1.25 bits per heavy atom. The van der Waals surface area contributed by atoms with E-state index in [-0.39, 0.29) is 15.8 Å². The molecule has 124 valence electrons. The van der Waals surface area contributed by atoms with Crippen molar-refractivity contribution >= 4 is 22.7 Å². The van der Waals surface area contributed by atoms with Crippen molar-refractivity contribution in [2.45, 2.75) is 4.90 Å². The maximum Gasteiger partial charge on any atom is 0.186 e. The van der Waals surface area contributed by atoms with Gasteiger partial charge in [-0.2, -0.15) is 0 Å². The van der Waals surface area contributed by atoms with Crippen LogP contribution in [0.15, 0.2) is 53.7 Å². The maximum atomic E-state index is 13.6. The summed E-state index contributed by atoms with van der Waals surface area (Å²) in [5, 5.41) is 0.249. The van der Waals surface area contributed by atoms with E-state index in [4.69, 9.17) is 20.9 Å². The van der Waals surface area contributed by atoms with Crippen LogP contribution >= 0.6 is 11.6 Å². The number of imidazole rings is 1. The van der Waals surface area contributed by atoms with E-state index >= 15 is 0 Å². The van der Waals surface area contributed by atoms with E-state index in [1.807, 2.05) is 0 Å². The summed E-state index contributed by atoms with van der Waals surface area (Å²) in [7, 11) is 1.38. The Balaban J connectivity index is 2.11. The summed E-state index contributed by atoms with van der Waals surface area (Å²) in [5.41, 5.74) is 1.89. The van der Waals surface area contributed by atoms with Crippen molar-refractivity contribution in [1.82, 2.24) is 9.55 Å². The van der Waals surface area contributed by atoms with Gasteiger partial charge in [-0.15, -0.1) is 0 Å². The zero-order chi connectivity index (χ0) is 17.3. The molecule has 1 heterocycles. The van der Waals surface area contributed by atoms with Gasteiger partial charge < -0.3 is 9.29 Å². The van der Waals surface area contributed by atoms with Gasteiger partial charge in [-0.05, 0) is 42.5 Å². The third-order valence-corrected chi connectivity index (χ3v) is 4.42. The molecular formula is C16H12ClFN2O3S. The van der Waals surface area contributed by atoms with E-state index in [9.17, 15) is 8.60 Å². The van der Waals surface area contributed by atoms with Crippen LogP contribution in [0, 0.1) is 5.82 Å². The highest BCUT2D eigenvalue weighted by atomic mass is 35.5. The summed E-state index contributed by atoms with van der Waals surface area (Å²) in [6.07, 6.45) is 1.53. The Kier molecular flexibility index (Phi) is 4.66. The van der Waals surface area contributed by atoms with Gasteiger partial charge in [0.1, 0.15) is 6.33 Å². The maximum absolute atomic E-state index is 13.6. The lowest BCUT2D eigenvalue weighted by atomic mass is 10.1. The molecule has 2 aromatic carbocycles. The topological polar surface area (TPSA) is 64.4 Å². The van der Waals surface area contributed by atoms with Crippen molar-refractivity contribution in [1.29, 1.82) is 0 Å². The molecule has 24 heavy (non-hydrogen) atoms. The van der Waals surface area contributed by atoms with Crippen LogP contribution in [0.1, 0.15) is 0 Å². The van der Waals surface area contributed by atoms with Gasteiger partial charge in [0.05, 0.1) is 17.7 Å². The van der Waals surface area contributed by atoms with Crippen LogP contribution in [0.4, 0.5) is 4.39 Å². The Bertz CT molecular complexity index is 912. The summed E-state index contributed by atoms with van der Waals surface area (Å²) in [5.74, 6) is -0.374. The predicted octanol–water partition coefficient (Wildman–Crippen LogP) is 3.92. The standard InChI is InChI=1S/C16H12ClFN2O3S/c1-23-14-8-10(2-7-13(14)18)15-16(17)19-9-20(15)11-3-5-12(6-4-11)24(21)22/h2-9H,1H3,(H,21,22). The molecule has 0 spiro atoms. The molecule has 0 fully saturated rings. The van der Waals surface area contributed by atoms with Gasteiger partial charge >= 0.3 is 0 Å². The van der Waals surface area contributed by atoms with Crippen molar-refractivity contribution in [3.05, 3.63) is 59.8 Å². The van der Waals surface area contributed by atoms with Gasteiger partial charge in [-0.3, -0.25) is 4.57 Å². The molecule has 1 N–H and O–H groups in total. The van der Waals surface area contributed by atoms with Gasteiger partial charge in [0.25, 0.3) is 0 Å². The van der Waals surface area contributed by atoms with Crippen molar-refractivity contribution in [2.24, 2.45) is 0 Å². The lowest BCUT2D eigenvalue weighted by Crippen LogP contribution is -1.97. The monoisotopic (exact) mass is 366 g/mol. The van der Waals surface area contributed by atoms with Crippen LogP contribution in [0.2, 0.25) is 5.15 Å². The fraction of sp³-hybridized carbons (Fsp3) is 0.0625. The average molecular weight is 367 g/mol. The molecule has 0 saturated carbocycles. The first-order chi connectivity index (χ1) is 11.5. The number of nitrogens with zero attached hydrogens (tertiary/aromatic N) is 2. The van der Waals surface area contributed by atoms with Crippen molar-refractivity contribution in [2.75, 3.05) is 7.11 Å². The summed E-state index contributed by atoms with van der Waals surface area (Å²) >= 11 is 4.15. The second-order valence-electron chi connectivity index (χ2n) is 4.85. The quantitative estimate of drug-likeness (QED) is 0.711. The molecule has 0 aliphatic heterocycles. The highest BCUT2D eigenvalue weighted by molar-refractivity contribution is 7.79. The van der Waals surface area contributed by atoms with Crippen molar-refractivity contribution < 1.29 is 17.9 Å². The first-order valence-electron chi connectivity index (χ1n) is 6.79. The lowest BCUT2D eigenvalue weighted by Gasteiger charge is -2.11. The van der Waals surface area contributed by atoms with Crippen molar-refractivity contribution in [3.63, 3.8) is 0 Å². The molecule has 0 bridgehead atoms. The third kappa shape index (κ3) is 3.06. The number of benzene rings is 2. The molecular weight excluding hydrogens is 355 g/mol. The summed E-state index contributed by atoms with van der Waals surface area (Å²) in [6.45, 7) is 0. The molecule has 0 saturated heterocycles. The zero-order valence-corrected chi connectivity index (χ0v) is 14.0. The summed E-state index contributed by atoms with van der Waals surface area (Å²) in [6, 6.07) is 10.8. The second kappa shape index (κ2) is 6.72. The minimum absolute atomic E-state index is 0.0994.